The van der Waals surface area contributed by atoms with Crippen LogP contribution in [0.15, 0.2) is 64.8 Å². The Labute approximate surface area is 141 Å². The van der Waals surface area contributed by atoms with E-state index in [2.05, 4.69) is 9.97 Å². The smallest absolute Gasteiger partial charge is 0.166 e. The largest absolute Gasteiger partial charge is 0.612 e. The highest BCUT2D eigenvalue weighted by Crippen LogP contribution is 2.24. The van der Waals surface area contributed by atoms with Crippen LogP contribution in [0, 0.1) is 5.82 Å². The topological polar surface area (TPSA) is 51.7 Å². The van der Waals surface area contributed by atoms with Crippen LogP contribution in [0.25, 0.3) is 11.3 Å². The molecule has 0 aliphatic carbocycles. The number of rotatable bonds is 5. The van der Waals surface area contributed by atoms with E-state index in [4.69, 9.17) is 0 Å². The molecule has 0 aliphatic rings. The van der Waals surface area contributed by atoms with Crippen molar-refractivity contribution in [3.8, 4) is 11.3 Å². The van der Waals surface area contributed by atoms with E-state index in [-0.39, 0.29) is 5.82 Å². The predicted octanol–water partition coefficient (Wildman–Crippen LogP) is 4.25. The first kappa shape index (κ1) is 16.1. The fourth-order valence-corrected chi connectivity index (χ4v) is 3.40. The van der Waals surface area contributed by atoms with Crippen LogP contribution in [0.4, 0.5) is 4.39 Å². The van der Waals surface area contributed by atoms with Gasteiger partial charge in [0.05, 0.1) is 5.69 Å². The first-order chi connectivity index (χ1) is 11.1. The molecule has 0 radical (unpaired) electrons. The molecule has 1 unspecified atom stereocenters. The van der Waals surface area contributed by atoms with Crippen molar-refractivity contribution in [2.45, 2.75) is 15.8 Å². The summed E-state index contributed by atoms with van der Waals surface area (Å²) < 4.78 is 24.3. The van der Waals surface area contributed by atoms with E-state index >= 15 is 0 Å². The number of benzene rings is 2. The van der Waals surface area contributed by atoms with Gasteiger partial charge in [-0.2, -0.15) is 0 Å². The number of hydrogen-bond acceptors (Lipinski definition) is 3. The number of hydrogen-bond donors (Lipinski definition) is 1. The Kier molecular flexibility index (Phi) is 5.05. The molecular formula is C17H15FN2OS2. The number of thioether (sulfide) groups is 1. The van der Waals surface area contributed by atoms with Crippen LogP contribution in [0.3, 0.4) is 0 Å². The van der Waals surface area contributed by atoms with Gasteiger partial charge in [-0.15, -0.1) is 0 Å². The highest BCUT2D eigenvalue weighted by Gasteiger charge is 2.07. The fourth-order valence-electron chi connectivity index (χ4n) is 2.08. The molecule has 3 nitrogen and oxygen atoms in total. The normalized spacial score (nSPS) is 12.3. The number of H-pyrrole nitrogens is 1. The summed E-state index contributed by atoms with van der Waals surface area (Å²) in [4.78, 5) is 8.46. The summed E-state index contributed by atoms with van der Waals surface area (Å²) in [5, 5.41) is 0.812. The predicted molar refractivity (Wildman–Crippen MR) is 92.3 cm³/mol. The van der Waals surface area contributed by atoms with E-state index in [1.807, 2.05) is 30.5 Å². The van der Waals surface area contributed by atoms with E-state index in [9.17, 15) is 8.94 Å². The molecule has 6 heteroatoms. The SMILES string of the molecule is C[S+]([O-])c1ccc(CSc2nc(-c3ccc(F)cc3)c[nH]2)cc1. The van der Waals surface area contributed by atoms with Crippen LogP contribution in [-0.2, 0) is 16.9 Å². The maximum absolute atomic E-state index is 12.9. The zero-order valence-electron chi connectivity index (χ0n) is 12.5. The molecule has 1 aromatic heterocycles. The lowest BCUT2D eigenvalue weighted by Gasteiger charge is -2.04. The maximum Gasteiger partial charge on any atom is 0.166 e. The van der Waals surface area contributed by atoms with Gasteiger partial charge in [0.25, 0.3) is 0 Å². The molecule has 0 spiro atoms. The fraction of sp³-hybridized carbons (Fsp3) is 0.118. The molecule has 118 valence electrons. The Bertz CT molecular complexity index is 770. The van der Waals surface area contributed by atoms with E-state index in [1.165, 1.54) is 12.1 Å². The molecule has 0 fully saturated rings. The lowest BCUT2D eigenvalue weighted by atomic mass is 10.2. The number of halogens is 1. The summed E-state index contributed by atoms with van der Waals surface area (Å²) in [6.45, 7) is 0. The maximum atomic E-state index is 12.9. The Hall–Kier alpha value is -1.76. The molecule has 0 saturated carbocycles. The molecule has 1 atom stereocenters. The quantitative estimate of drug-likeness (QED) is 0.555. The highest BCUT2D eigenvalue weighted by molar-refractivity contribution is 7.98. The number of aromatic nitrogens is 2. The molecule has 0 bridgehead atoms. The zero-order valence-corrected chi connectivity index (χ0v) is 14.1. The van der Waals surface area contributed by atoms with Gasteiger partial charge in [-0.05, 0) is 53.1 Å². The molecule has 0 saturated heterocycles. The number of aromatic amines is 1. The minimum Gasteiger partial charge on any atom is -0.612 e. The van der Waals surface area contributed by atoms with Gasteiger partial charge in [-0.3, -0.25) is 0 Å². The minimum absolute atomic E-state index is 0.254. The van der Waals surface area contributed by atoms with Crippen molar-refractivity contribution in [1.82, 2.24) is 9.97 Å². The Morgan fingerprint density at radius 2 is 1.83 bits per heavy atom. The van der Waals surface area contributed by atoms with Gasteiger partial charge in [-0.25, -0.2) is 9.37 Å². The molecule has 23 heavy (non-hydrogen) atoms. The molecule has 0 amide bonds. The van der Waals surface area contributed by atoms with Gasteiger partial charge in [0, 0.05) is 17.5 Å². The van der Waals surface area contributed by atoms with E-state index < -0.39 is 11.2 Å². The van der Waals surface area contributed by atoms with Crippen LogP contribution in [0.1, 0.15) is 5.56 Å². The second-order valence-corrected chi connectivity index (χ2v) is 7.33. The average molecular weight is 346 g/mol. The van der Waals surface area contributed by atoms with Gasteiger partial charge in [0.2, 0.25) is 0 Å². The molecule has 1 N–H and O–H groups in total. The summed E-state index contributed by atoms with van der Waals surface area (Å²) in [5.74, 6) is 0.517. The van der Waals surface area contributed by atoms with Crippen molar-refractivity contribution in [3.05, 3.63) is 66.1 Å². The van der Waals surface area contributed by atoms with Crippen molar-refractivity contribution in [2.75, 3.05) is 6.26 Å². The van der Waals surface area contributed by atoms with E-state index in [0.29, 0.717) is 0 Å². The summed E-state index contributed by atoms with van der Waals surface area (Å²) in [5.41, 5.74) is 2.82. The first-order valence-electron chi connectivity index (χ1n) is 6.98. The molecule has 2 aromatic carbocycles. The third-order valence-electron chi connectivity index (χ3n) is 3.33. The first-order valence-corrected chi connectivity index (χ1v) is 9.53. The third kappa shape index (κ3) is 4.16. The Morgan fingerprint density at radius 3 is 2.48 bits per heavy atom. The monoisotopic (exact) mass is 346 g/mol. The molecule has 3 aromatic rings. The van der Waals surface area contributed by atoms with Crippen molar-refractivity contribution in [1.29, 1.82) is 0 Å². The highest BCUT2D eigenvalue weighted by atomic mass is 32.2. The Morgan fingerprint density at radius 1 is 1.13 bits per heavy atom. The lowest BCUT2D eigenvalue weighted by molar-refractivity contribution is 0.601. The summed E-state index contributed by atoms with van der Waals surface area (Å²) in [6.07, 6.45) is 3.49. The summed E-state index contributed by atoms with van der Waals surface area (Å²) in [6, 6.07) is 14.0. The van der Waals surface area contributed by atoms with Crippen LogP contribution < -0.4 is 0 Å². The van der Waals surface area contributed by atoms with Crippen LogP contribution in [-0.4, -0.2) is 20.8 Å². The van der Waals surface area contributed by atoms with Crippen molar-refractivity contribution in [3.63, 3.8) is 0 Å². The van der Waals surface area contributed by atoms with Crippen molar-refractivity contribution >= 4 is 22.9 Å². The number of nitrogens with zero attached hydrogens (tertiary/aromatic N) is 1. The molecule has 3 rings (SSSR count). The van der Waals surface area contributed by atoms with Crippen LogP contribution in [0.5, 0.6) is 0 Å². The molecular weight excluding hydrogens is 331 g/mol. The zero-order chi connectivity index (χ0) is 16.2. The van der Waals surface area contributed by atoms with Crippen molar-refractivity contribution < 1.29 is 8.94 Å². The van der Waals surface area contributed by atoms with Crippen molar-refractivity contribution in [2.24, 2.45) is 0 Å². The Balaban J connectivity index is 1.64. The van der Waals surface area contributed by atoms with Crippen LogP contribution >= 0.6 is 11.8 Å². The standard InChI is InChI=1S/C17H15FN2OS2/c1-23(21)15-8-2-12(3-9-15)11-22-17-19-10-16(20-17)13-4-6-14(18)7-5-13/h2-10H,11H2,1H3,(H,19,20). The van der Waals surface area contributed by atoms with E-state index in [0.717, 1.165) is 32.6 Å². The molecule has 0 aliphatic heterocycles. The van der Waals surface area contributed by atoms with E-state index in [1.54, 1.807) is 30.2 Å². The second-order valence-electron chi connectivity index (χ2n) is 4.98. The van der Waals surface area contributed by atoms with Gasteiger partial charge in [0.1, 0.15) is 12.1 Å². The average Bonchev–Trinajstić information content (AvgIpc) is 3.03. The molecule has 1 heterocycles. The minimum atomic E-state index is -0.949. The number of nitrogens with one attached hydrogen (secondary N) is 1. The number of imidazole rings is 1. The van der Waals surface area contributed by atoms with Gasteiger partial charge in [-0.1, -0.05) is 23.9 Å². The third-order valence-corrected chi connectivity index (χ3v) is 5.22. The summed E-state index contributed by atoms with van der Waals surface area (Å²) >= 11 is 0.641. The van der Waals surface area contributed by atoms with Gasteiger partial charge in [0.15, 0.2) is 10.1 Å². The summed E-state index contributed by atoms with van der Waals surface area (Å²) in [7, 11) is 0. The lowest BCUT2D eigenvalue weighted by Crippen LogP contribution is -1.96. The second kappa shape index (κ2) is 7.21. The van der Waals surface area contributed by atoms with Gasteiger partial charge < -0.3 is 9.54 Å². The van der Waals surface area contributed by atoms with Crippen LogP contribution in [0.2, 0.25) is 0 Å². The van der Waals surface area contributed by atoms with Gasteiger partial charge >= 0.3 is 0 Å².